The van der Waals surface area contributed by atoms with E-state index in [2.05, 4.69) is 5.10 Å². The zero-order valence-corrected chi connectivity index (χ0v) is 13.5. The first-order valence-corrected chi connectivity index (χ1v) is 7.65. The maximum Gasteiger partial charge on any atom is 0.343 e. The number of hydrogen-bond acceptors (Lipinski definition) is 3. The number of rotatable bonds is 3. The van der Waals surface area contributed by atoms with Crippen LogP contribution in [0.4, 0.5) is 4.39 Å². The second-order valence-corrected chi connectivity index (χ2v) is 6.13. The molecule has 1 amide bonds. The predicted octanol–water partition coefficient (Wildman–Crippen LogP) is 2.13. The molecule has 0 saturated carbocycles. The molecule has 1 aromatic carbocycles. The number of benzene rings is 1. The Labute approximate surface area is 138 Å². The SMILES string of the molecule is Cc1cc(C)n(-c2ccc(C(=O)N3CCC(F)(C(=O)O)C3)cc2)n1. The van der Waals surface area contributed by atoms with E-state index in [4.69, 9.17) is 5.11 Å². The van der Waals surface area contributed by atoms with Crippen LogP contribution in [0.5, 0.6) is 0 Å². The molecule has 0 bridgehead atoms. The Balaban J connectivity index is 1.78. The van der Waals surface area contributed by atoms with E-state index < -0.39 is 18.2 Å². The Morgan fingerprint density at radius 2 is 1.92 bits per heavy atom. The van der Waals surface area contributed by atoms with Gasteiger partial charge in [-0.25, -0.2) is 13.9 Å². The Kier molecular flexibility index (Phi) is 3.87. The van der Waals surface area contributed by atoms with Gasteiger partial charge in [0.2, 0.25) is 5.67 Å². The summed E-state index contributed by atoms with van der Waals surface area (Å²) < 4.78 is 15.9. The van der Waals surface area contributed by atoms with E-state index in [1.54, 1.807) is 28.9 Å². The molecule has 1 saturated heterocycles. The lowest BCUT2D eigenvalue weighted by Gasteiger charge is -2.18. The van der Waals surface area contributed by atoms with Gasteiger partial charge in [-0.15, -0.1) is 0 Å². The normalized spacial score (nSPS) is 20.4. The summed E-state index contributed by atoms with van der Waals surface area (Å²) in [5, 5.41) is 13.3. The first kappa shape index (κ1) is 16.2. The fourth-order valence-corrected chi connectivity index (χ4v) is 2.94. The van der Waals surface area contributed by atoms with Crippen molar-refractivity contribution in [3.63, 3.8) is 0 Å². The van der Waals surface area contributed by atoms with Gasteiger partial charge in [0.1, 0.15) is 0 Å². The summed E-state index contributed by atoms with van der Waals surface area (Å²) in [5.41, 5.74) is 0.755. The van der Waals surface area contributed by atoms with Gasteiger partial charge in [-0.05, 0) is 44.2 Å². The van der Waals surface area contributed by atoms with Gasteiger partial charge in [0.25, 0.3) is 5.91 Å². The van der Waals surface area contributed by atoms with Crippen LogP contribution in [0.25, 0.3) is 5.69 Å². The number of hydrogen-bond donors (Lipinski definition) is 1. The quantitative estimate of drug-likeness (QED) is 0.935. The molecule has 126 valence electrons. The Morgan fingerprint density at radius 1 is 1.25 bits per heavy atom. The molecule has 2 aromatic rings. The third kappa shape index (κ3) is 2.77. The molecule has 0 radical (unpaired) electrons. The number of aliphatic carboxylic acids is 1. The van der Waals surface area contributed by atoms with E-state index in [0.29, 0.717) is 5.56 Å². The van der Waals surface area contributed by atoms with Crippen molar-refractivity contribution in [1.82, 2.24) is 14.7 Å². The highest BCUT2D eigenvalue weighted by atomic mass is 19.1. The van der Waals surface area contributed by atoms with Gasteiger partial charge in [-0.2, -0.15) is 5.10 Å². The van der Waals surface area contributed by atoms with Crippen molar-refractivity contribution in [3.05, 3.63) is 47.3 Å². The molecule has 7 heteroatoms. The summed E-state index contributed by atoms with van der Waals surface area (Å²) in [6, 6.07) is 8.78. The number of carbonyl (C=O) groups excluding carboxylic acids is 1. The highest BCUT2D eigenvalue weighted by Crippen LogP contribution is 2.27. The number of halogens is 1. The Bertz CT molecular complexity index is 800. The maximum atomic E-state index is 14.1. The van der Waals surface area contributed by atoms with Crippen LogP contribution in [0.2, 0.25) is 0 Å². The highest BCUT2D eigenvalue weighted by Gasteiger charge is 2.46. The molecule has 1 aliphatic rings. The van der Waals surface area contributed by atoms with E-state index in [9.17, 15) is 14.0 Å². The van der Waals surface area contributed by atoms with Crippen molar-refractivity contribution < 1.29 is 19.1 Å². The standard InChI is InChI=1S/C17H18FN3O3/c1-11-9-12(2)21(19-11)14-5-3-13(4-6-14)15(22)20-8-7-17(18,10-20)16(23)24/h3-6,9H,7-8,10H2,1-2H3,(H,23,24). The minimum atomic E-state index is -2.35. The lowest BCUT2D eigenvalue weighted by atomic mass is 10.1. The lowest BCUT2D eigenvalue weighted by Crippen LogP contribution is -2.38. The molecule has 1 atom stereocenters. The summed E-state index contributed by atoms with van der Waals surface area (Å²) in [4.78, 5) is 24.6. The van der Waals surface area contributed by atoms with Gasteiger partial charge >= 0.3 is 5.97 Å². The van der Waals surface area contributed by atoms with Gasteiger partial charge in [0, 0.05) is 24.2 Å². The fraction of sp³-hybridized carbons (Fsp3) is 0.353. The van der Waals surface area contributed by atoms with Crippen LogP contribution in [-0.4, -0.2) is 50.4 Å². The van der Waals surface area contributed by atoms with Crippen molar-refractivity contribution in [3.8, 4) is 5.69 Å². The molecular formula is C17H18FN3O3. The molecule has 1 aliphatic heterocycles. The van der Waals surface area contributed by atoms with E-state index in [-0.39, 0.29) is 18.9 Å². The first-order chi connectivity index (χ1) is 11.3. The molecule has 24 heavy (non-hydrogen) atoms. The van der Waals surface area contributed by atoms with Gasteiger partial charge in [-0.3, -0.25) is 4.79 Å². The zero-order valence-electron chi connectivity index (χ0n) is 13.5. The minimum absolute atomic E-state index is 0.0981. The maximum absolute atomic E-state index is 14.1. The van der Waals surface area contributed by atoms with E-state index in [1.807, 2.05) is 19.9 Å². The second-order valence-electron chi connectivity index (χ2n) is 6.13. The average molecular weight is 331 g/mol. The van der Waals surface area contributed by atoms with Crippen molar-refractivity contribution >= 4 is 11.9 Å². The molecule has 3 rings (SSSR count). The molecular weight excluding hydrogens is 313 g/mol. The summed E-state index contributed by atoms with van der Waals surface area (Å²) in [7, 11) is 0. The number of amides is 1. The topological polar surface area (TPSA) is 75.4 Å². The molecule has 1 unspecified atom stereocenters. The van der Waals surface area contributed by atoms with Crippen molar-refractivity contribution in [2.24, 2.45) is 0 Å². The number of carboxylic acids is 1. The fourth-order valence-electron chi connectivity index (χ4n) is 2.94. The molecule has 6 nitrogen and oxygen atoms in total. The van der Waals surface area contributed by atoms with Gasteiger partial charge < -0.3 is 10.0 Å². The summed E-state index contributed by atoms with van der Waals surface area (Å²) in [6.07, 6.45) is -0.183. The van der Waals surface area contributed by atoms with E-state index in [0.717, 1.165) is 17.1 Å². The number of aromatic nitrogens is 2. The van der Waals surface area contributed by atoms with Crippen molar-refractivity contribution in [1.29, 1.82) is 0 Å². The number of carboxylic acid groups (broad SMARTS) is 1. The highest BCUT2D eigenvalue weighted by molar-refractivity contribution is 5.95. The smallest absolute Gasteiger partial charge is 0.343 e. The van der Waals surface area contributed by atoms with Crippen LogP contribution >= 0.6 is 0 Å². The Morgan fingerprint density at radius 3 is 2.42 bits per heavy atom. The van der Waals surface area contributed by atoms with E-state index in [1.165, 1.54) is 4.90 Å². The Hall–Kier alpha value is -2.70. The van der Waals surface area contributed by atoms with Crippen LogP contribution < -0.4 is 0 Å². The third-order valence-corrected chi connectivity index (χ3v) is 4.26. The molecule has 1 fully saturated rings. The van der Waals surface area contributed by atoms with Crippen molar-refractivity contribution in [2.75, 3.05) is 13.1 Å². The van der Waals surface area contributed by atoms with Gasteiger partial charge in [-0.1, -0.05) is 0 Å². The summed E-state index contributed by atoms with van der Waals surface area (Å²) >= 11 is 0. The minimum Gasteiger partial charge on any atom is -0.479 e. The molecule has 0 spiro atoms. The number of carbonyl (C=O) groups is 2. The molecule has 2 heterocycles. The van der Waals surface area contributed by atoms with Crippen molar-refractivity contribution in [2.45, 2.75) is 25.9 Å². The lowest BCUT2D eigenvalue weighted by molar-refractivity contribution is -0.149. The molecule has 1 N–H and O–H groups in total. The third-order valence-electron chi connectivity index (χ3n) is 4.26. The monoisotopic (exact) mass is 331 g/mol. The largest absolute Gasteiger partial charge is 0.479 e. The van der Waals surface area contributed by atoms with Crippen LogP contribution in [0.15, 0.2) is 30.3 Å². The predicted molar refractivity (Wildman–Crippen MR) is 85.0 cm³/mol. The summed E-state index contributed by atoms with van der Waals surface area (Å²) in [5.74, 6) is -1.88. The zero-order chi connectivity index (χ0) is 17.5. The van der Waals surface area contributed by atoms with Crippen LogP contribution in [0.3, 0.4) is 0 Å². The van der Waals surface area contributed by atoms with Crippen LogP contribution in [0, 0.1) is 13.8 Å². The molecule has 1 aromatic heterocycles. The average Bonchev–Trinajstić information content (AvgIpc) is 3.10. The van der Waals surface area contributed by atoms with Crippen LogP contribution in [-0.2, 0) is 4.79 Å². The van der Waals surface area contributed by atoms with E-state index >= 15 is 0 Å². The molecule has 0 aliphatic carbocycles. The van der Waals surface area contributed by atoms with Crippen LogP contribution in [0.1, 0.15) is 28.2 Å². The van der Waals surface area contributed by atoms with Gasteiger partial charge in [0.15, 0.2) is 0 Å². The number of likely N-dealkylation sites (tertiary alicyclic amines) is 1. The first-order valence-electron chi connectivity index (χ1n) is 7.65. The van der Waals surface area contributed by atoms with Gasteiger partial charge in [0.05, 0.1) is 17.9 Å². The summed E-state index contributed by atoms with van der Waals surface area (Å²) in [6.45, 7) is 3.53. The number of alkyl halides is 1. The number of aryl methyl sites for hydroxylation is 2. The second kappa shape index (κ2) is 5.74. The number of nitrogens with zero attached hydrogens (tertiary/aromatic N) is 3.